The Kier molecular flexibility index (Phi) is 7.87. The molecule has 138 valence electrons. The first-order valence-corrected chi connectivity index (χ1v) is 8.38. The zero-order valence-corrected chi connectivity index (χ0v) is 15.3. The van der Waals surface area contributed by atoms with Crippen LogP contribution in [0.3, 0.4) is 0 Å². The molecule has 1 aliphatic heterocycles. The summed E-state index contributed by atoms with van der Waals surface area (Å²) in [6.45, 7) is 5.36. The van der Waals surface area contributed by atoms with E-state index in [1.807, 2.05) is 36.4 Å². The van der Waals surface area contributed by atoms with E-state index in [9.17, 15) is 5.11 Å². The van der Waals surface area contributed by atoms with Gasteiger partial charge in [0.25, 0.3) is 0 Å². The SMILES string of the molecule is CN1CCN(CC(O)COCc2cc(-c3ccccc3)no2)CC1.Cl. The van der Waals surface area contributed by atoms with Crippen LogP contribution in [0.25, 0.3) is 11.3 Å². The van der Waals surface area contributed by atoms with Gasteiger partial charge in [-0.2, -0.15) is 0 Å². The summed E-state index contributed by atoms with van der Waals surface area (Å²) in [5.41, 5.74) is 1.81. The maximum Gasteiger partial charge on any atom is 0.163 e. The Morgan fingerprint density at radius 1 is 1.20 bits per heavy atom. The molecule has 25 heavy (non-hydrogen) atoms. The van der Waals surface area contributed by atoms with Gasteiger partial charge in [-0.25, -0.2) is 0 Å². The van der Waals surface area contributed by atoms with Crippen molar-refractivity contribution in [2.75, 3.05) is 46.4 Å². The van der Waals surface area contributed by atoms with E-state index in [-0.39, 0.29) is 12.4 Å². The van der Waals surface area contributed by atoms with Crippen molar-refractivity contribution in [2.24, 2.45) is 0 Å². The average molecular weight is 368 g/mol. The number of aromatic nitrogens is 1. The lowest BCUT2D eigenvalue weighted by molar-refractivity contribution is -0.00229. The van der Waals surface area contributed by atoms with Crippen LogP contribution in [0.4, 0.5) is 0 Å². The molecule has 1 saturated heterocycles. The number of hydrogen-bond acceptors (Lipinski definition) is 6. The summed E-state index contributed by atoms with van der Waals surface area (Å²) in [4.78, 5) is 4.57. The van der Waals surface area contributed by atoms with Gasteiger partial charge in [0.2, 0.25) is 0 Å². The van der Waals surface area contributed by atoms with Crippen molar-refractivity contribution in [2.45, 2.75) is 12.7 Å². The van der Waals surface area contributed by atoms with Crippen LogP contribution in [0.2, 0.25) is 0 Å². The fourth-order valence-electron chi connectivity index (χ4n) is 2.80. The van der Waals surface area contributed by atoms with Gasteiger partial charge in [0.1, 0.15) is 12.3 Å². The topological polar surface area (TPSA) is 62.0 Å². The molecule has 2 aromatic rings. The van der Waals surface area contributed by atoms with Gasteiger partial charge >= 0.3 is 0 Å². The lowest BCUT2D eigenvalue weighted by Crippen LogP contribution is -2.47. The number of likely N-dealkylation sites (N-methyl/N-ethyl adjacent to an activating group) is 1. The van der Waals surface area contributed by atoms with Crippen LogP contribution in [0.15, 0.2) is 40.9 Å². The molecule has 0 amide bonds. The molecule has 1 atom stereocenters. The second kappa shape index (κ2) is 9.89. The number of ether oxygens (including phenoxy) is 1. The highest BCUT2D eigenvalue weighted by Crippen LogP contribution is 2.18. The lowest BCUT2D eigenvalue weighted by atomic mass is 10.1. The first-order valence-electron chi connectivity index (χ1n) is 8.38. The number of β-amino-alcohol motifs (C(OH)–C–C–N with tert-alkyl or cyclic N) is 1. The summed E-state index contributed by atoms with van der Waals surface area (Å²) in [5.74, 6) is 0.667. The van der Waals surface area contributed by atoms with E-state index in [0.717, 1.165) is 37.4 Å². The zero-order valence-electron chi connectivity index (χ0n) is 14.5. The van der Waals surface area contributed by atoms with Crippen molar-refractivity contribution in [3.05, 3.63) is 42.2 Å². The van der Waals surface area contributed by atoms with Crippen molar-refractivity contribution in [3.63, 3.8) is 0 Å². The molecule has 2 heterocycles. The molecule has 3 rings (SSSR count). The monoisotopic (exact) mass is 367 g/mol. The fourth-order valence-corrected chi connectivity index (χ4v) is 2.80. The van der Waals surface area contributed by atoms with Crippen LogP contribution < -0.4 is 0 Å². The number of benzene rings is 1. The van der Waals surface area contributed by atoms with Gasteiger partial charge in [0.05, 0.1) is 12.7 Å². The Hall–Kier alpha value is -1.44. The molecule has 1 aliphatic rings. The summed E-state index contributed by atoms with van der Waals surface area (Å²) in [5, 5.41) is 14.2. The van der Waals surface area contributed by atoms with E-state index in [0.29, 0.717) is 25.5 Å². The first-order chi connectivity index (χ1) is 11.7. The van der Waals surface area contributed by atoms with E-state index < -0.39 is 6.10 Å². The van der Waals surface area contributed by atoms with Crippen LogP contribution in [0.5, 0.6) is 0 Å². The molecule has 6 nitrogen and oxygen atoms in total. The Bertz CT molecular complexity index is 615. The molecule has 7 heteroatoms. The quantitative estimate of drug-likeness (QED) is 0.806. The minimum absolute atomic E-state index is 0. The molecule has 0 bridgehead atoms. The smallest absolute Gasteiger partial charge is 0.163 e. The maximum atomic E-state index is 10.1. The van der Waals surface area contributed by atoms with E-state index in [1.54, 1.807) is 0 Å². The standard InChI is InChI=1S/C18H25N3O3.ClH/c1-20-7-9-21(10-8-20)12-16(22)13-23-14-17-11-18(19-24-17)15-5-3-2-4-6-15;/h2-6,11,16,22H,7-10,12-14H2,1H3;1H. The fraction of sp³-hybridized carbons (Fsp3) is 0.500. The van der Waals surface area contributed by atoms with Crippen molar-refractivity contribution < 1.29 is 14.4 Å². The summed E-state index contributed by atoms with van der Waals surface area (Å²) in [6, 6.07) is 11.8. The number of piperazine rings is 1. The molecule has 1 fully saturated rings. The van der Waals surface area contributed by atoms with Gasteiger partial charge in [-0.15, -0.1) is 12.4 Å². The third-order valence-corrected chi connectivity index (χ3v) is 4.25. The average Bonchev–Trinajstić information content (AvgIpc) is 3.07. The molecule has 0 spiro atoms. The number of hydrogen-bond donors (Lipinski definition) is 1. The van der Waals surface area contributed by atoms with E-state index >= 15 is 0 Å². The third-order valence-electron chi connectivity index (χ3n) is 4.25. The molecule has 1 aromatic carbocycles. The van der Waals surface area contributed by atoms with Gasteiger partial charge in [-0.1, -0.05) is 35.5 Å². The van der Waals surface area contributed by atoms with Gasteiger partial charge in [-0.05, 0) is 7.05 Å². The number of rotatable bonds is 7. The van der Waals surface area contributed by atoms with E-state index in [1.165, 1.54) is 0 Å². The Morgan fingerprint density at radius 2 is 1.92 bits per heavy atom. The number of aliphatic hydroxyl groups excluding tert-OH is 1. The minimum Gasteiger partial charge on any atom is -0.389 e. The first kappa shape index (κ1) is 19.9. The van der Waals surface area contributed by atoms with Crippen molar-refractivity contribution in [1.82, 2.24) is 15.0 Å². The summed E-state index contributed by atoms with van der Waals surface area (Å²) in [7, 11) is 2.12. The third kappa shape index (κ3) is 6.09. The minimum atomic E-state index is -0.482. The van der Waals surface area contributed by atoms with Gasteiger partial charge < -0.3 is 19.3 Å². The second-order valence-electron chi connectivity index (χ2n) is 6.32. The molecule has 1 unspecified atom stereocenters. The number of nitrogens with zero attached hydrogens (tertiary/aromatic N) is 3. The molecule has 0 radical (unpaired) electrons. The highest BCUT2D eigenvalue weighted by atomic mass is 35.5. The molecular weight excluding hydrogens is 342 g/mol. The number of halogens is 1. The molecule has 1 aromatic heterocycles. The van der Waals surface area contributed by atoms with Crippen LogP contribution in [-0.4, -0.2) is 72.5 Å². The zero-order chi connectivity index (χ0) is 16.8. The van der Waals surface area contributed by atoms with Crippen molar-refractivity contribution >= 4 is 12.4 Å². The molecule has 0 aliphatic carbocycles. The lowest BCUT2D eigenvalue weighted by Gasteiger charge is -2.33. The second-order valence-corrected chi connectivity index (χ2v) is 6.32. The van der Waals surface area contributed by atoms with E-state index in [4.69, 9.17) is 9.26 Å². The summed E-state index contributed by atoms with van der Waals surface area (Å²) >= 11 is 0. The van der Waals surface area contributed by atoms with E-state index in [2.05, 4.69) is 22.0 Å². The Labute approximate surface area is 154 Å². The van der Waals surface area contributed by atoms with Crippen molar-refractivity contribution in [3.8, 4) is 11.3 Å². The normalized spacial score (nSPS) is 17.2. The highest BCUT2D eigenvalue weighted by Gasteiger charge is 2.17. The van der Waals surface area contributed by atoms with Gasteiger partial charge in [-0.3, -0.25) is 4.90 Å². The summed E-state index contributed by atoms with van der Waals surface area (Å²) in [6.07, 6.45) is -0.482. The van der Waals surface area contributed by atoms with Crippen LogP contribution in [0, 0.1) is 0 Å². The van der Waals surface area contributed by atoms with Crippen LogP contribution in [0.1, 0.15) is 5.76 Å². The Morgan fingerprint density at radius 3 is 2.64 bits per heavy atom. The highest BCUT2D eigenvalue weighted by molar-refractivity contribution is 5.85. The predicted octanol–water partition coefficient (Wildman–Crippen LogP) is 1.89. The van der Waals surface area contributed by atoms with Gasteiger partial charge in [0.15, 0.2) is 5.76 Å². The van der Waals surface area contributed by atoms with Gasteiger partial charge in [0, 0.05) is 44.4 Å². The van der Waals surface area contributed by atoms with Crippen LogP contribution in [-0.2, 0) is 11.3 Å². The predicted molar refractivity (Wildman–Crippen MR) is 98.8 cm³/mol. The Balaban J connectivity index is 0.00000225. The largest absolute Gasteiger partial charge is 0.389 e. The van der Waals surface area contributed by atoms with Crippen LogP contribution >= 0.6 is 12.4 Å². The molecule has 1 N–H and O–H groups in total. The molecule has 0 saturated carbocycles. The molecular formula is C18H26ClN3O3. The number of aliphatic hydroxyl groups is 1. The summed E-state index contributed by atoms with van der Waals surface area (Å²) < 4.78 is 10.9. The maximum absolute atomic E-state index is 10.1. The van der Waals surface area contributed by atoms with Crippen molar-refractivity contribution in [1.29, 1.82) is 0 Å².